The van der Waals surface area contributed by atoms with Gasteiger partial charge in [0.05, 0.1) is 18.8 Å². The zero-order valence-electron chi connectivity index (χ0n) is 10.0. The van der Waals surface area contributed by atoms with Gasteiger partial charge in [0.1, 0.15) is 0 Å². The van der Waals surface area contributed by atoms with Crippen LogP contribution >= 0.6 is 0 Å². The number of hydrogen-bond donors (Lipinski definition) is 2. The average Bonchev–Trinajstić information content (AvgIpc) is 2.30. The molecule has 6 nitrogen and oxygen atoms in total. The second-order valence-corrected chi connectivity index (χ2v) is 3.58. The molecule has 2 N–H and O–H groups in total. The van der Waals surface area contributed by atoms with Gasteiger partial charge in [0, 0.05) is 33.0 Å². The van der Waals surface area contributed by atoms with E-state index in [9.17, 15) is 9.59 Å². The Bertz CT molecular complexity index is 428. The molecule has 0 aliphatic heterocycles. The molecule has 1 rings (SSSR count). The number of hydrogen-bond acceptors (Lipinski definition) is 4. The highest BCUT2D eigenvalue weighted by atomic mass is 16.5. The molecule has 0 spiro atoms. The van der Waals surface area contributed by atoms with Crippen molar-refractivity contribution in [1.82, 2.24) is 9.88 Å². The summed E-state index contributed by atoms with van der Waals surface area (Å²) in [7, 11) is 3.24. The Morgan fingerprint density at radius 3 is 2.88 bits per heavy atom. The molecular weight excluding hydrogens is 222 g/mol. The van der Waals surface area contributed by atoms with E-state index in [0.717, 1.165) is 0 Å². The summed E-state index contributed by atoms with van der Waals surface area (Å²) in [5.41, 5.74) is 0.492. The molecule has 1 heterocycles. The molecule has 0 aromatic carbocycles. The molecule has 1 amide bonds. The first kappa shape index (κ1) is 13.4. The molecular formula is C11H17N3O3. The lowest BCUT2D eigenvalue weighted by molar-refractivity contribution is -0.115. The van der Waals surface area contributed by atoms with E-state index in [1.165, 1.54) is 10.6 Å². The first-order valence-electron chi connectivity index (χ1n) is 5.29. The summed E-state index contributed by atoms with van der Waals surface area (Å²) in [5.74, 6) is -0.153. The van der Waals surface area contributed by atoms with E-state index in [4.69, 9.17) is 4.74 Å². The SMILES string of the molecule is COCCNCC(=O)Nc1ccc(=O)n(C)c1. The second-order valence-electron chi connectivity index (χ2n) is 3.58. The Morgan fingerprint density at radius 2 is 2.24 bits per heavy atom. The van der Waals surface area contributed by atoms with Crippen molar-refractivity contribution in [2.45, 2.75) is 0 Å². The topological polar surface area (TPSA) is 72.4 Å². The van der Waals surface area contributed by atoms with Gasteiger partial charge < -0.3 is 19.9 Å². The van der Waals surface area contributed by atoms with Crippen LogP contribution in [0.25, 0.3) is 0 Å². The van der Waals surface area contributed by atoms with Crippen LogP contribution in [-0.4, -0.2) is 37.3 Å². The van der Waals surface area contributed by atoms with Gasteiger partial charge in [-0.15, -0.1) is 0 Å². The van der Waals surface area contributed by atoms with Gasteiger partial charge in [-0.05, 0) is 6.07 Å². The summed E-state index contributed by atoms with van der Waals surface area (Å²) in [6.45, 7) is 1.40. The number of nitrogens with one attached hydrogen (secondary N) is 2. The highest BCUT2D eigenvalue weighted by molar-refractivity contribution is 5.92. The van der Waals surface area contributed by atoms with Crippen molar-refractivity contribution >= 4 is 11.6 Å². The molecule has 0 fully saturated rings. The molecule has 0 radical (unpaired) electrons. The summed E-state index contributed by atoms with van der Waals surface area (Å²) in [5, 5.41) is 5.61. The van der Waals surface area contributed by atoms with E-state index in [1.807, 2.05) is 0 Å². The maximum Gasteiger partial charge on any atom is 0.250 e. The highest BCUT2D eigenvalue weighted by Gasteiger charge is 2.02. The minimum absolute atomic E-state index is 0.110. The van der Waals surface area contributed by atoms with Gasteiger partial charge in [-0.2, -0.15) is 0 Å². The molecule has 1 aromatic rings. The number of amides is 1. The van der Waals surface area contributed by atoms with Crippen LogP contribution in [0.5, 0.6) is 0 Å². The van der Waals surface area contributed by atoms with Crippen molar-refractivity contribution in [2.24, 2.45) is 7.05 Å². The van der Waals surface area contributed by atoms with Crippen molar-refractivity contribution in [3.8, 4) is 0 Å². The largest absolute Gasteiger partial charge is 0.383 e. The average molecular weight is 239 g/mol. The summed E-state index contributed by atoms with van der Waals surface area (Å²) < 4.78 is 6.25. The van der Waals surface area contributed by atoms with E-state index >= 15 is 0 Å². The molecule has 0 aliphatic rings. The molecule has 0 saturated heterocycles. The standard InChI is InChI=1S/C11H17N3O3/c1-14-8-9(3-4-11(14)16)13-10(15)7-12-5-6-17-2/h3-4,8,12H,5-7H2,1-2H3,(H,13,15). The number of anilines is 1. The van der Waals surface area contributed by atoms with Crippen LogP contribution in [0.4, 0.5) is 5.69 Å². The number of aryl methyl sites for hydroxylation is 1. The summed E-state index contributed by atoms with van der Waals surface area (Å²) >= 11 is 0. The fourth-order valence-electron chi connectivity index (χ4n) is 1.25. The Kier molecular flexibility index (Phi) is 5.38. The molecule has 0 unspecified atom stereocenters. The molecule has 1 aromatic heterocycles. The Hall–Kier alpha value is -1.66. The maximum absolute atomic E-state index is 11.5. The lowest BCUT2D eigenvalue weighted by atomic mass is 10.4. The number of nitrogens with zero attached hydrogens (tertiary/aromatic N) is 1. The fraction of sp³-hybridized carbons (Fsp3) is 0.455. The number of aromatic nitrogens is 1. The maximum atomic E-state index is 11.5. The van der Waals surface area contributed by atoms with Gasteiger partial charge in [-0.25, -0.2) is 0 Å². The Morgan fingerprint density at radius 1 is 1.47 bits per heavy atom. The summed E-state index contributed by atoms with van der Waals surface area (Å²) in [4.78, 5) is 22.6. The molecule has 0 atom stereocenters. The number of ether oxygens (including phenoxy) is 1. The van der Waals surface area contributed by atoms with E-state index in [0.29, 0.717) is 18.8 Å². The third kappa shape index (κ3) is 4.80. The van der Waals surface area contributed by atoms with Gasteiger partial charge in [-0.1, -0.05) is 0 Å². The minimum atomic E-state index is -0.153. The minimum Gasteiger partial charge on any atom is -0.383 e. The zero-order chi connectivity index (χ0) is 12.7. The van der Waals surface area contributed by atoms with Crippen LogP contribution in [0.1, 0.15) is 0 Å². The molecule has 0 bridgehead atoms. The van der Waals surface area contributed by atoms with E-state index in [-0.39, 0.29) is 18.0 Å². The van der Waals surface area contributed by atoms with Crippen molar-refractivity contribution in [2.75, 3.05) is 32.1 Å². The first-order valence-corrected chi connectivity index (χ1v) is 5.29. The van der Waals surface area contributed by atoms with Crippen LogP contribution in [0.2, 0.25) is 0 Å². The number of carbonyl (C=O) groups excluding carboxylic acids is 1. The summed E-state index contributed by atoms with van der Waals surface area (Å²) in [6.07, 6.45) is 1.58. The van der Waals surface area contributed by atoms with E-state index in [2.05, 4.69) is 10.6 Å². The van der Waals surface area contributed by atoms with Gasteiger partial charge in [0.2, 0.25) is 11.5 Å². The molecule has 6 heteroatoms. The normalized spacial score (nSPS) is 10.2. The molecule has 17 heavy (non-hydrogen) atoms. The Balaban J connectivity index is 2.40. The van der Waals surface area contributed by atoms with Crippen molar-refractivity contribution in [1.29, 1.82) is 0 Å². The van der Waals surface area contributed by atoms with Gasteiger partial charge in [-0.3, -0.25) is 9.59 Å². The molecule has 0 saturated carbocycles. The van der Waals surface area contributed by atoms with E-state index in [1.54, 1.807) is 26.4 Å². The molecule has 0 aliphatic carbocycles. The molecule has 94 valence electrons. The van der Waals surface area contributed by atoms with Crippen LogP contribution < -0.4 is 16.2 Å². The smallest absolute Gasteiger partial charge is 0.250 e. The fourth-order valence-corrected chi connectivity index (χ4v) is 1.25. The predicted molar refractivity (Wildman–Crippen MR) is 65.1 cm³/mol. The first-order chi connectivity index (χ1) is 8.13. The third-order valence-electron chi connectivity index (χ3n) is 2.14. The quantitative estimate of drug-likeness (QED) is 0.660. The van der Waals surface area contributed by atoms with Crippen molar-refractivity contribution < 1.29 is 9.53 Å². The van der Waals surface area contributed by atoms with Crippen LogP contribution in [0.15, 0.2) is 23.1 Å². The number of rotatable bonds is 6. The van der Waals surface area contributed by atoms with Crippen LogP contribution in [0.3, 0.4) is 0 Å². The number of carbonyl (C=O) groups is 1. The lowest BCUT2D eigenvalue weighted by Gasteiger charge is -2.07. The number of pyridine rings is 1. The van der Waals surface area contributed by atoms with Crippen LogP contribution in [-0.2, 0) is 16.6 Å². The lowest BCUT2D eigenvalue weighted by Crippen LogP contribution is -2.30. The third-order valence-corrected chi connectivity index (χ3v) is 2.14. The monoisotopic (exact) mass is 239 g/mol. The summed E-state index contributed by atoms with van der Waals surface area (Å²) in [6, 6.07) is 2.99. The van der Waals surface area contributed by atoms with Gasteiger partial charge in [0.15, 0.2) is 0 Å². The number of methoxy groups -OCH3 is 1. The highest BCUT2D eigenvalue weighted by Crippen LogP contribution is 2.01. The van der Waals surface area contributed by atoms with E-state index < -0.39 is 0 Å². The van der Waals surface area contributed by atoms with Crippen molar-refractivity contribution in [3.63, 3.8) is 0 Å². The van der Waals surface area contributed by atoms with Crippen molar-refractivity contribution in [3.05, 3.63) is 28.7 Å². The van der Waals surface area contributed by atoms with Gasteiger partial charge >= 0.3 is 0 Å². The van der Waals surface area contributed by atoms with Crippen LogP contribution in [0, 0.1) is 0 Å². The van der Waals surface area contributed by atoms with Gasteiger partial charge in [0.25, 0.3) is 0 Å². The predicted octanol–water partition coefficient (Wildman–Crippen LogP) is -0.440. The zero-order valence-corrected chi connectivity index (χ0v) is 10.0. The second kappa shape index (κ2) is 6.82. The Labute approximate surface area is 99.6 Å².